The SMILES string of the molecule is C=CCc1cc(OC)c(O)c(-c2nn(-c3ccccc3)c(C(=O)OC)c2C(=O)OC)c1. The minimum Gasteiger partial charge on any atom is -0.504 e. The van der Waals surface area contributed by atoms with Crippen molar-refractivity contribution in [3.05, 3.63) is 71.9 Å². The van der Waals surface area contributed by atoms with Gasteiger partial charge in [-0.3, -0.25) is 0 Å². The zero-order chi connectivity index (χ0) is 22.5. The number of carbonyl (C=O) groups excluding carboxylic acids is 2. The third kappa shape index (κ3) is 4.00. The lowest BCUT2D eigenvalue weighted by Crippen LogP contribution is -2.15. The van der Waals surface area contributed by atoms with E-state index in [4.69, 9.17) is 14.2 Å². The molecule has 0 bridgehead atoms. The lowest BCUT2D eigenvalue weighted by Gasteiger charge is -2.11. The van der Waals surface area contributed by atoms with Crippen molar-refractivity contribution in [2.75, 3.05) is 21.3 Å². The molecule has 0 amide bonds. The molecule has 0 atom stereocenters. The van der Waals surface area contributed by atoms with E-state index in [1.165, 1.54) is 26.0 Å². The van der Waals surface area contributed by atoms with Gasteiger partial charge in [0.05, 0.1) is 27.0 Å². The summed E-state index contributed by atoms with van der Waals surface area (Å²) in [7, 11) is 3.82. The van der Waals surface area contributed by atoms with E-state index in [1.807, 2.05) is 6.07 Å². The van der Waals surface area contributed by atoms with Gasteiger partial charge in [-0.25, -0.2) is 14.3 Å². The Morgan fingerprint density at radius 2 is 1.77 bits per heavy atom. The number of hydrogen-bond donors (Lipinski definition) is 1. The highest BCUT2D eigenvalue weighted by molar-refractivity contribution is 6.07. The highest BCUT2D eigenvalue weighted by Gasteiger charge is 2.33. The molecule has 8 nitrogen and oxygen atoms in total. The van der Waals surface area contributed by atoms with E-state index in [0.717, 1.165) is 5.56 Å². The molecule has 0 fully saturated rings. The first-order valence-electron chi connectivity index (χ1n) is 9.33. The molecule has 0 radical (unpaired) electrons. The minimum atomic E-state index is -0.801. The minimum absolute atomic E-state index is 0.0535. The zero-order valence-corrected chi connectivity index (χ0v) is 17.4. The fourth-order valence-corrected chi connectivity index (χ4v) is 3.23. The monoisotopic (exact) mass is 422 g/mol. The number of nitrogens with zero attached hydrogens (tertiary/aromatic N) is 2. The molecule has 1 N–H and O–H groups in total. The first-order chi connectivity index (χ1) is 15.0. The molecule has 3 rings (SSSR count). The van der Waals surface area contributed by atoms with Crippen molar-refractivity contribution in [2.24, 2.45) is 0 Å². The second kappa shape index (κ2) is 9.17. The second-order valence-electron chi connectivity index (χ2n) is 6.49. The van der Waals surface area contributed by atoms with Crippen LogP contribution in [0.3, 0.4) is 0 Å². The highest BCUT2D eigenvalue weighted by atomic mass is 16.5. The van der Waals surface area contributed by atoms with Crippen molar-refractivity contribution in [3.8, 4) is 28.4 Å². The van der Waals surface area contributed by atoms with Crippen molar-refractivity contribution in [3.63, 3.8) is 0 Å². The summed E-state index contributed by atoms with van der Waals surface area (Å²) in [4.78, 5) is 25.4. The second-order valence-corrected chi connectivity index (χ2v) is 6.49. The third-order valence-corrected chi connectivity index (χ3v) is 4.64. The van der Waals surface area contributed by atoms with E-state index in [2.05, 4.69) is 11.7 Å². The van der Waals surface area contributed by atoms with E-state index in [0.29, 0.717) is 12.1 Å². The van der Waals surface area contributed by atoms with Gasteiger partial charge in [-0.15, -0.1) is 6.58 Å². The molecule has 1 aromatic heterocycles. The van der Waals surface area contributed by atoms with Gasteiger partial charge in [-0.2, -0.15) is 5.10 Å². The maximum atomic E-state index is 12.8. The van der Waals surface area contributed by atoms with E-state index in [1.54, 1.807) is 42.5 Å². The van der Waals surface area contributed by atoms with E-state index in [-0.39, 0.29) is 34.0 Å². The number of carbonyl (C=O) groups is 2. The summed E-state index contributed by atoms with van der Waals surface area (Å²) >= 11 is 0. The van der Waals surface area contributed by atoms with Crippen LogP contribution < -0.4 is 4.74 Å². The predicted octanol–water partition coefficient (Wildman–Crippen LogP) is 3.56. The molecule has 0 saturated carbocycles. The Labute approximate surface area is 179 Å². The van der Waals surface area contributed by atoms with Crippen LogP contribution in [0.2, 0.25) is 0 Å². The van der Waals surface area contributed by atoms with Crippen LogP contribution in [0.15, 0.2) is 55.1 Å². The zero-order valence-electron chi connectivity index (χ0n) is 17.4. The number of rotatable bonds is 7. The molecule has 1 heterocycles. The molecular formula is C23H22N2O6. The first-order valence-corrected chi connectivity index (χ1v) is 9.33. The standard InChI is InChI=1S/C23H22N2O6/c1-5-9-14-12-16(21(26)17(13-14)29-2)19-18(22(27)30-3)20(23(28)31-4)25(24-19)15-10-7-6-8-11-15/h5-8,10-13,26H,1,9H2,2-4H3. The normalized spacial score (nSPS) is 10.4. The molecule has 3 aromatic rings. The maximum absolute atomic E-state index is 12.8. The Morgan fingerprint density at radius 1 is 1.10 bits per heavy atom. The largest absolute Gasteiger partial charge is 0.504 e. The van der Waals surface area contributed by atoms with E-state index in [9.17, 15) is 14.7 Å². The number of methoxy groups -OCH3 is 3. The Bertz CT molecular complexity index is 1130. The number of phenolic OH excluding ortho intramolecular Hbond substituents is 1. The number of allylic oxidation sites excluding steroid dienone is 1. The Balaban J connectivity index is 2.42. The van der Waals surface area contributed by atoms with Crippen LogP contribution in [0.1, 0.15) is 26.4 Å². The molecule has 31 heavy (non-hydrogen) atoms. The van der Waals surface area contributed by atoms with Crippen molar-refractivity contribution >= 4 is 11.9 Å². The fraction of sp³-hybridized carbons (Fsp3) is 0.174. The van der Waals surface area contributed by atoms with Crippen LogP contribution in [-0.4, -0.2) is 48.2 Å². The van der Waals surface area contributed by atoms with Gasteiger partial charge in [0.1, 0.15) is 11.3 Å². The molecule has 8 heteroatoms. The summed E-state index contributed by atoms with van der Waals surface area (Å²) in [5.41, 5.74) is 1.29. The van der Waals surface area contributed by atoms with Crippen LogP contribution in [0.4, 0.5) is 0 Å². The summed E-state index contributed by atoms with van der Waals surface area (Å²) in [6, 6.07) is 12.1. The van der Waals surface area contributed by atoms with Gasteiger partial charge in [0.25, 0.3) is 0 Å². The van der Waals surface area contributed by atoms with Crippen molar-refractivity contribution < 1.29 is 28.9 Å². The third-order valence-electron chi connectivity index (χ3n) is 4.64. The van der Waals surface area contributed by atoms with Gasteiger partial charge in [0, 0.05) is 5.56 Å². The van der Waals surface area contributed by atoms with Crippen molar-refractivity contribution in [1.29, 1.82) is 0 Å². The van der Waals surface area contributed by atoms with Gasteiger partial charge in [-0.05, 0) is 36.2 Å². The van der Waals surface area contributed by atoms with Crippen LogP contribution >= 0.6 is 0 Å². The highest BCUT2D eigenvalue weighted by Crippen LogP contribution is 2.40. The molecule has 0 aliphatic carbocycles. The number of benzene rings is 2. The van der Waals surface area contributed by atoms with Gasteiger partial charge in [-0.1, -0.05) is 24.3 Å². The Morgan fingerprint density at radius 3 is 2.35 bits per heavy atom. The van der Waals surface area contributed by atoms with E-state index < -0.39 is 11.9 Å². The molecule has 0 saturated heterocycles. The molecule has 160 valence electrons. The molecule has 0 aliphatic rings. The maximum Gasteiger partial charge on any atom is 0.357 e. The molecule has 0 unspecified atom stereocenters. The smallest absolute Gasteiger partial charge is 0.357 e. The number of hydrogen-bond acceptors (Lipinski definition) is 7. The van der Waals surface area contributed by atoms with Gasteiger partial charge in [0.15, 0.2) is 17.2 Å². The van der Waals surface area contributed by atoms with Crippen LogP contribution in [0, 0.1) is 0 Å². The molecule has 0 aliphatic heterocycles. The number of aromatic hydroxyl groups is 1. The summed E-state index contributed by atoms with van der Waals surface area (Å²) in [5.74, 6) is -1.62. The Hall–Kier alpha value is -4.07. The Kier molecular flexibility index (Phi) is 6.40. The number of esters is 2. The summed E-state index contributed by atoms with van der Waals surface area (Å²) in [6.07, 6.45) is 2.18. The number of para-hydroxylation sites is 1. The summed E-state index contributed by atoms with van der Waals surface area (Å²) < 4.78 is 16.4. The van der Waals surface area contributed by atoms with Gasteiger partial charge < -0.3 is 19.3 Å². The quantitative estimate of drug-likeness (QED) is 0.459. The van der Waals surface area contributed by atoms with Crippen molar-refractivity contribution in [2.45, 2.75) is 6.42 Å². The van der Waals surface area contributed by atoms with Gasteiger partial charge >= 0.3 is 11.9 Å². The lowest BCUT2D eigenvalue weighted by atomic mass is 10.00. The van der Waals surface area contributed by atoms with Crippen LogP contribution in [0.25, 0.3) is 16.9 Å². The van der Waals surface area contributed by atoms with Crippen LogP contribution in [-0.2, 0) is 15.9 Å². The van der Waals surface area contributed by atoms with Gasteiger partial charge in [0.2, 0.25) is 0 Å². The van der Waals surface area contributed by atoms with Crippen LogP contribution in [0.5, 0.6) is 11.5 Å². The molecular weight excluding hydrogens is 400 g/mol. The summed E-state index contributed by atoms with van der Waals surface area (Å²) in [5, 5.41) is 15.3. The fourth-order valence-electron chi connectivity index (χ4n) is 3.23. The molecule has 0 spiro atoms. The first kappa shape index (κ1) is 21.6. The lowest BCUT2D eigenvalue weighted by molar-refractivity contribution is 0.0549. The number of phenols is 1. The van der Waals surface area contributed by atoms with Crippen molar-refractivity contribution in [1.82, 2.24) is 9.78 Å². The summed E-state index contributed by atoms with van der Waals surface area (Å²) in [6.45, 7) is 3.73. The molecule has 2 aromatic carbocycles. The number of aromatic nitrogens is 2. The van der Waals surface area contributed by atoms with E-state index >= 15 is 0 Å². The number of ether oxygens (including phenoxy) is 3. The average Bonchev–Trinajstić information content (AvgIpc) is 3.20. The topological polar surface area (TPSA) is 99.9 Å². The average molecular weight is 422 g/mol. The predicted molar refractivity (Wildman–Crippen MR) is 114 cm³/mol.